The monoisotopic (exact) mass is 233 g/mol. The van der Waals surface area contributed by atoms with E-state index in [0.717, 1.165) is 0 Å². The SMILES string of the molecule is NCC(O)c1ccc(Br)c(F)c1. The van der Waals surface area contributed by atoms with Crippen LogP contribution < -0.4 is 5.73 Å². The summed E-state index contributed by atoms with van der Waals surface area (Å²) in [6.45, 7) is 0.0983. The van der Waals surface area contributed by atoms with Gasteiger partial charge in [-0.25, -0.2) is 4.39 Å². The number of hydrogen-bond acceptors (Lipinski definition) is 2. The van der Waals surface area contributed by atoms with E-state index in [2.05, 4.69) is 15.9 Å². The van der Waals surface area contributed by atoms with Crippen LogP contribution in [0.1, 0.15) is 11.7 Å². The summed E-state index contributed by atoms with van der Waals surface area (Å²) in [7, 11) is 0. The molecule has 1 unspecified atom stereocenters. The molecule has 1 atom stereocenters. The first kappa shape index (κ1) is 9.64. The first-order valence-electron chi connectivity index (χ1n) is 3.48. The Bertz CT molecular complexity index is 280. The van der Waals surface area contributed by atoms with Crippen LogP contribution in [0.2, 0.25) is 0 Å². The maximum absolute atomic E-state index is 12.9. The third kappa shape index (κ3) is 2.03. The van der Waals surface area contributed by atoms with Crippen molar-refractivity contribution in [1.29, 1.82) is 0 Å². The zero-order valence-electron chi connectivity index (χ0n) is 6.30. The number of nitrogens with two attached hydrogens (primary N) is 1. The molecule has 0 amide bonds. The standard InChI is InChI=1S/C8H9BrFNO/c9-6-2-1-5(3-7(6)10)8(12)4-11/h1-3,8,12H,4,11H2. The van der Waals surface area contributed by atoms with Crippen molar-refractivity contribution in [3.8, 4) is 0 Å². The second-order valence-corrected chi connectivity index (χ2v) is 3.28. The number of halogens is 2. The zero-order valence-corrected chi connectivity index (χ0v) is 7.88. The Morgan fingerprint density at radius 3 is 2.75 bits per heavy atom. The van der Waals surface area contributed by atoms with Gasteiger partial charge in [-0.3, -0.25) is 0 Å². The van der Waals surface area contributed by atoms with Crippen molar-refractivity contribution >= 4 is 15.9 Å². The van der Waals surface area contributed by atoms with Gasteiger partial charge < -0.3 is 10.8 Å². The summed E-state index contributed by atoms with van der Waals surface area (Å²) >= 11 is 3.01. The van der Waals surface area contributed by atoms with Crippen LogP contribution in [0.15, 0.2) is 22.7 Å². The zero-order chi connectivity index (χ0) is 9.14. The topological polar surface area (TPSA) is 46.2 Å². The number of hydrogen-bond donors (Lipinski definition) is 2. The molecule has 0 spiro atoms. The first-order chi connectivity index (χ1) is 5.65. The molecule has 0 aliphatic heterocycles. The fourth-order valence-electron chi connectivity index (χ4n) is 0.856. The Morgan fingerprint density at radius 2 is 2.25 bits per heavy atom. The van der Waals surface area contributed by atoms with Gasteiger partial charge in [-0.2, -0.15) is 0 Å². The second kappa shape index (κ2) is 3.98. The molecule has 1 rings (SSSR count). The predicted octanol–water partition coefficient (Wildman–Crippen LogP) is 1.58. The molecule has 1 aromatic carbocycles. The van der Waals surface area contributed by atoms with Crippen molar-refractivity contribution < 1.29 is 9.50 Å². The Hall–Kier alpha value is -0.450. The van der Waals surface area contributed by atoms with Crippen LogP contribution in [-0.2, 0) is 0 Å². The summed E-state index contributed by atoms with van der Waals surface area (Å²) in [6, 6.07) is 4.44. The van der Waals surface area contributed by atoms with Gasteiger partial charge in [0.1, 0.15) is 5.82 Å². The Labute approximate surface area is 78.3 Å². The summed E-state index contributed by atoms with van der Waals surface area (Å²) in [5.41, 5.74) is 5.71. The molecule has 0 aliphatic rings. The van der Waals surface area contributed by atoms with E-state index in [1.165, 1.54) is 6.07 Å². The van der Waals surface area contributed by atoms with Crippen molar-refractivity contribution in [2.75, 3.05) is 6.54 Å². The molecule has 0 fully saturated rings. The molecule has 3 N–H and O–H groups in total. The van der Waals surface area contributed by atoms with E-state index in [1.54, 1.807) is 12.1 Å². The van der Waals surface area contributed by atoms with E-state index in [9.17, 15) is 9.50 Å². The minimum Gasteiger partial charge on any atom is -0.387 e. The first-order valence-corrected chi connectivity index (χ1v) is 4.27. The lowest BCUT2D eigenvalue weighted by atomic mass is 10.1. The highest BCUT2D eigenvalue weighted by molar-refractivity contribution is 9.10. The molecule has 0 saturated carbocycles. The molecule has 1 aromatic rings. The molecular formula is C8H9BrFNO. The lowest BCUT2D eigenvalue weighted by molar-refractivity contribution is 0.186. The van der Waals surface area contributed by atoms with Gasteiger partial charge in [-0.15, -0.1) is 0 Å². The minimum atomic E-state index is -0.785. The Kier molecular flexibility index (Phi) is 3.20. The molecule has 66 valence electrons. The van der Waals surface area contributed by atoms with E-state index in [-0.39, 0.29) is 12.4 Å². The molecule has 0 radical (unpaired) electrons. The molecule has 0 aromatic heterocycles. The van der Waals surface area contributed by atoms with Gasteiger partial charge in [0.25, 0.3) is 0 Å². The Balaban J connectivity index is 2.96. The van der Waals surface area contributed by atoms with E-state index in [4.69, 9.17) is 5.73 Å². The third-order valence-electron chi connectivity index (χ3n) is 1.55. The maximum Gasteiger partial charge on any atom is 0.137 e. The highest BCUT2D eigenvalue weighted by Gasteiger charge is 2.07. The quantitative estimate of drug-likeness (QED) is 0.815. The molecule has 2 nitrogen and oxygen atoms in total. The van der Waals surface area contributed by atoms with Crippen LogP contribution in [0.3, 0.4) is 0 Å². The summed E-state index contributed by atoms with van der Waals surface area (Å²) in [6.07, 6.45) is -0.785. The minimum absolute atomic E-state index is 0.0983. The number of benzene rings is 1. The fourth-order valence-corrected chi connectivity index (χ4v) is 1.10. The summed E-state index contributed by atoms with van der Waals surface area (Å²) < 4.78 is 13.3. The van der Waals surface area contributed by atoms with Crippen LogP contribution in [0.4, 0.5) is 4.39 Å². The van der Waals surface area contributed by atoms with Crippen molar-refractivity contribution in [3.05, 3.63) is 34.1 Å². The summed E-state index contributed by atoms with van der Waals surface area (Å²) in [5.74, 6) is -0.389. The van der Waals surface area contributed by atoms with Crippen LogP contribution in [-0.4, -0.2) is 11.7 Å². The molecule has 12 heavy (non-hydrogen) atoms. The molecule has 0 heterocycles. The normalized spacial score (nSPS) is 13.0. The highest BCUT2D eigenvalue weighted by atomic mass is 79.9. The Morgan fingerprint density at radius 1 is 1.58 bits per heavy atom. The van der Waals surface area contributed by atoms with Crippen molar-refractivity contribution in [2.24, 2.45) is 5.73 Å². The average Bonchev–Trinajstić information content (AvgIpc) is 2.08. The van der Waals surface area contributed by atoms with E-state index < -0.39 is 6.10 Å². The van der Waals surface area contributed by atoms with Gasteiger partial charge in [0, 0.05) is 6.54 Å². The number of rotatable bonds is 2. The summed E-state index contributed by atoms with van der Waals surface area (Å²) in [4.78, 5) is 0. The van der Waals surface area contributed by atoms with E-state index >= 15 is 0 Å². The number of aliphatic hydroxyl groups is 1. The largest absolute Gasteiger partial charge is 0.387 e. The van der Waals surface area contributed by atoms with Crippen LogP contribution in [0.25, 0.3) is 0 Å². The fraction of sp³-hybridized carbons (Fsp3) is 0.250. The third-order valence-corrected chi connectivity index (χ3v) is 2.19. The van der Waals surface area contributed by atoms with Crippen molar-refractivity contribution in [2.45, 2.75) is 6.10 Å². The van der Waals surface area contributed by atoms with Crippen LogP contribution in [0, 0.1) is 5.82 Å². The van der Waals surface area contributed by atoms with Crippen molar-refractivity contribution in [3.63, 3.8) is 0 Å². The van der Waals surface area contributed by atoms with Crippen molar-refractivity contribution in [1.82, 2.24) is 0 Å². The molecule has 0 saturated heterocycles. The van der Waals surface area contributed by atoms with E-state index in [0.29, 0.717) is 10.0 Å². The average molecular weight is 234 g/mol. The van der Waals surface area contributed by atoms with Crippen LogP contribution >= 0.6 is 15.9 Å². The highest BCUT2D eigenvalue weighted by Crippen LogP contribution is 2.19. The van der Waals surface area contributed by atoms with Gasteiger partial charge in [-0.1, -0.05) is 6.07 Å². The molecule has 0 bridgehead atoms. The molecule has 0 aliphatic carbocycles. The van der Waals surface area contributed by atoms with Gasteiger partial charge in [-0.05, 0) is 33.6 Å². The van der Waals surface area contributed by atoms with Crippen LogP contribution in [0.5, 0.6) is 0 Å². The smallest absolute Gasteiger partial charge is 0.137 e. The molecule has 4 heteroatoms. The lowest BCUT2D eigenvalue weighted by Gasteiger charge is -2.07. The van der Waals surface area contributed by atoms with Gasteiger partial charge >= 0.3 is 0 Å². The van der Waals surface area contributed by atoms with Gasteiger partial charge in [0.15, 0.2) is 0 Å². The van der Waals surface area contributed by atoms with E-state index in [1.807, 2.05) is 0 Å². The number of aliphatic hydroxyl groups excluding tert-OH is 1. The molecular weight excluding hydrogens is 225 g/mol. The lowest BCUT2D eigenvalue weighted by Crippen LogP contribution is -2.11. The maximum atomic E-state index is 12.9. The van der Waals surface area contributed by atoms with Gasteiger partial charge in [0.05, 0.1) is 10.6 Å². The summed E-state index contributed by atoms with van der Waals surface area (Å²) in [5, 5.41) is 9.24. The second-order valence-electron chi connectivity index (χ2n) is 2.43. The van der Waals surface area contributed by atoms with Gasteiger partial charge in [0.2, 0.25) is 0 Å². The predicted molar refractivity (Wildman–Crippen MR) is 48.1 cm³/mol.